The summed E-state index contributed by atoms with van der Waals surface area (Å²) in [5.41, 5.74) is 9.14. The highest BCUT2D eigenvalue weighted by atomic mass is 16.2. The summed E-state index contributed by atoms with van der Waals surface area (Å²) in [5.74, 6) is 0.356. The lowest BCUT2D eigenvalue weighted by Crippen LogP contribution is -2.48. The Morgan fingerprint density at radius 3 is 2.26 bits per heavy atom. The second-order valence-electron chi connectivity index (χ2n) is 11.0. The number of carbonyl (C=O) groups is 1. The van der Waals surface area contributed by atoms with Gasteiger partial charge in [0.1, 0.15) is 0 Å². The molecule has 0 aromatic heterocycles. The third kappa shape index (κ3) is 5.79. The molecule has 38 heavy (non-hydrogen) atoms. The molecule has 198 valence electrons. The number of benzene rings is 2. The first-order chi connectivity index (χ1) is 18.1. The van der Waals surface area contributed by atoms with Gasteiger partial charge in [-0.2, -0.15) is 5.26 Å². The normalized spacial score (nSPS) is 17.3. The number of nitriles is 1. The summed E-state index contributed by atoms with van der Waals surface area (Å²) >= 11 is 0. The molecule has 1 amide bonds. The Morgan fingerprint density at radius 1 is 1.03 bits per heavy atom. The van der Waals surface area contributed by atoms with E-state index >= 15 is 0 Å². The number of nitrogens with one attached hydrogen (secondary N) is 1. The average Bonchev–Trinajstić information content (AvgIpc) is 3.06. The third-order valence-electron chi connectivity index (χ3n) is 7.99. The monoisotopic (exact) mass is 509 g/mol. The molecular weight excluding hydrogens is 470 g/mol. The first-order valence-corrected chi connectivity index (χ1v) is 13.6. The maximum atomic E-state index is 13.5. The van der Waals surface area contributed by atoms with Crippen molar-refractivity contribution < 1.29 is 4.79 Å². The molecule has 6 nitrogen and oxygen atoms in total. The van der Waals surface area contributed by atoms with Crippen molar-refractivity contribution in [3.63, 3.8) is 0 Å². The van der Waals surface area contributed by atoms with Crippen molar-refractivity contribution >= 4 is 17.3 Å². The molecule has 0 saturated carbocycles. The minimum absolute atomic E-state index is 0.0544. The van der Waals surface area contributed by atoms with Gasteiger partial charge in [0.2, 0.25) is 0 Å². The Kier molecular flexibility index (Phi) is 8.28. The van der Waals surface area contributed by atoms with Crippen LogP contribution in [0.1, 0.15) is 84.6 Å². The van der Waals surface area contributed by atoms with E-state index in [4.69, 9.17) is 15.7 Å². The Bertz CT molecular complexity index is 1340. The first-order valence-electron chi connectivity index (χ1n) is 13.6. The van der Waals surface area contributed by atoms with Crippen molar-refractivity contribution in [1.29, 1.82) is 10.7 Å². The van der Waals surface area contributed by atoms with E-state index in [0.29, 0.717) is 36.3 Å². The number of hydrogen-bond acceptors (Lipinski definition) is 5. The van der Waals surface area contributed by atoms with Crippen LogP contribution in [0.3, 0.4) is 0 Å². The van der Waals surface area contributed by atoms with Crippen LogP contribution in [0, 0.1) is 30.6 Å². The number of carbonyl (C=O) groups excluding carboxylic acids is 1. The zero-order valence-electron chi connectivity index (χ0n) is 23.6. The van der Waals surface area contributed by atoms with E-state index in [0.717, 1.165) is 65.2 Å². The predicted octanol–water partition coefficient (Wildman–Crippen LogP) is 6.02. The van der Waals surface area contributed by atoms with Crippen molar-refractivity contribution in [3.8, 4) is 6.07 Å². The van der Waals surface area contributed by atoms with Crippen molar-refractivity contribution in [2.45, 2.75) is 66.3 Å². The standard InChI is InChI=1S/C32H39N5O/c1-20(2)36-13-11-28(23(5)34)31(12-14-36)35-24(6)29-16-30(22(4)15-21(29)3)32(38)37-18-27(19-37)26-9-7-25(17-33)8-10-26/h7-10,15-16,20,27,34H,11-14,18-19H2,1-6H3/b34-23?,35-24+. The molecule has 2 heterocycles. The van der Waals surface area contributed by atoms with E-state index < -0.39 is 0 Å². The van der Waals surface area contributed by atoms with Gasteiger partial charge in [-0.25, -0.2) is 0 Å². The fourth-order valence-electron chi connectivity index (χ4n) is 5.55. The molecule has 1 fully saturated rings. The zero-order chi connectivity index (χ0) is 27.6. The van der Waals surface area contributed by atoms with E-state index in [9.17, 15) is 4.79 Å². The second-order valence-corrected chi connectivity index (χ2v) is 11.0. The number of aryl methyl sites for hydroxylation is 2. The molecule has 0 aliphatic carbocycles. The summed E-state index contributed by atoms with van der Waals surface area (Å²) in [6, 6.07) is 14.4. The maximum absolute atomic E-state index is 13.5. The molecule has 1 saturated heterocycles. The number of likely N-dealkylation sites (tertiary alicyclic amines) is 1. The molecule has 2 aliphatic rings. The molecule has 2 aromatic carbocycles. The second kappa shape index (κ2) is 11.4. The van der Waals surface area contributed by atoms with E-state index in [1.807, 2.05) is 56.0 Å². The van der Waals surface area contributed by atoms with Gasteiger partial charge in [-0.15, -0.1) is 0 Å². The average molecular weight is 510 g/mol. The molecule has 1 N–H and O–H groups in total. The van der Waals surface area contributed by atoms with Gasteiger partial charge in [0.05, 0.1) is 11.6 Å². The maximum Gasteiger partial charge on any atom is 0.254 e. The number of hydrogen-bond donors (Lipinski definition) is 1. The van der Waals surface area contributed by atoms with Gasteiger partial charge >= 0.3 is 0 Å². The van der Waals surface area contributed by atoms with Gasteiger partial charge in [0.25, 0.3) is 5.91 Å². The Morgan fingerprint density at radius 2 is 1.66 bits per heavy atom. The van der Waals surface area contributed by atoms with Gasteiger partial charge in [0.15, 0.2) is 0 Å². The summed E-state index contributed by atoms with van der Waals surface area (Å²) in [5, 5.41) is 17.4. The Labute approximate surface area is 227 Å². The summed E-state index contributed by atoms with van der Waals surface area (Å²) in [6.45, 7) is 15.6. The summed E-state index contributed by atoms with van der Waals surface area (Å²) < 4.78 is 0. The van der Waals surface area contributed by atoms with Gasteiger partial charge < -0.3 is 15.2 Å². The smallest absolute Gasteiger partial charge is 0.254 e. The lowest BCUT2D eigenvalue weighted by atomic mass is 9.89. The van der Waals surface area contributed by atoms with Crippen molar-refractivity contribution in [2.75, 3.05) is 26.2 Å². The fourth-order valence-corrected chi connectivity index (χ4v) is 5.55. The third-order valence-corrected chi connectivity index (χ3v) is 7.99. The van der Waals surface area contributed by atoms with Crippen LogP contribution in [-0.4, -0.2) is 59.4 Å². The minimum atomic E-state index is 0.0544. The van der Waals surface area contributed by atoms with E-state index in [1.165, 1.54) is 5.56 Å². The predicted molar refractivity (Wildman–Crippen MR) is 154 cm³/mol. The van der Waals surface area contributed by atoms with Crippen LogP contribution in [0.5, 0.6) is 0 Å². The minimum Gasteiger partial charge on any atom is -0.337 e. The molecular formula is C32H39N5O. The summed E-state index contributed by atoms with van der Waals surface area (Å²) in [6.07, 6.45) is 1.66. The molecule has 0 bridgehead atoms. The van der Waals surface area contributed by atoms with Gasteiger partial charge in [0, 0.05) is 67.2 Å². The quantitative estimate of drug-likeness (QED) is 0.483. The van der Waals surface area contributed by atoms with Gasteiger partial charge in [-0.1, -0.05) is 18.2 Å². The SMILES string of the molecule is CC(=N)C1=C(/N=C(\C)c2cc(C(=O)N3CC(c4ccc(C#N)cc4)C3)c(C)cc2C)CCN(C(C)C)CC1. The van der Waals surface area contributed by atoms with Gasteiger partial charge in [-0.05, 0) is 94.0 Å². The van der Waals surface area contributed by atoms with E-state index in [-0.39, 0.29) is 5.91 Å². The number of rotatable bonds is 6. The van der Waals surface area contributed by atoms with Crippen LogP contribution in [-0.2, 0) is 0 Å². The van der Waals surface area contributed by atoms with E-state index in [1.54, 1.807) is 0 Å². The van der Waals surface area contributed by atoms with Crippen LogP contribution in [0.4, 0.5) is 0 Å². The van der Waals surface area contributed by atoms with Crippen molar-refractivity contribution in [3.05, 3.63) is 81.0 Å². The highest BCUT2D eigenvalue weighted by Crippen LogP contribution is 2.30. The van der Waals surface area contributed by atoms with Crippen LogP contribution >= 0.6 is 0 Å². The van der Waals surface area contributed by atoms with Crippen LogP contribution in [0.25, 0.3) is 0 Å². The van der Waals surface area contributed by atoms with Gasteiger partial charge in [-0.3, -0.25) is 9.79 Å². The van der Waals surface area contributed by atoms with Crippen LogP contribution in [0.2, 0.25) is 0 Å². The van der Waals surface area contributed by atoms with Crippen LogP contribution in [0.15, 0.2) is 52.7 Å². The number of aliphatic imine (C=N–C) groups is 1. The molecule has 2 aliphatic heterocycles. The molecule has 4 rings (SSSR count). The number of nitrogens with zero attached hydrogens (tertiary/aromatic N) is 4. The molecule has 0 radical (unpaired) electrons. The highest BCUT2D eigenvalue weighted by Gasteiger charge is 2.33. The fraction of sp³-hybridized carbons (Fsp3) is 0.438. The molecule has 0 atom stereocenters. The molecule has 2 aromatic rings. The summed E-state index contributed by atoms with van der Waals surface area (Å²) in [4.78, 5) is 22.9. The first kappa shape index (κ1) is 27.5. The van der Waals surface area contributed by atoms with Crippen molar-refractivity contribution in [2.24, 2.45) is 4.99 Å². The highest BCUT2D eigenvalue weighted by molar-refractivity contribution is 6.05. The Balaban J connectivity index is 1.56. The topological polar surface area (TPSA) is 83.5 Å². The summed E-state index contributed by atoms with van der Waals surface area (Å²) in [7, 11) is 0. The largest absolute Gasteiger partial charge is 0.337 e. The lowest BCUT2D eigenvalue weighted by molar-refractivity contribution is 0.0601. The lowest BCUT2D eigenvalue weighted by Gasteiger charge is -2.40. The zero-order valence-corrected chi connectivity index (χ0v) is 23.6. The Hall–Kier alpha value is -3.56. The van der Waals surface area contributed by atoms with Crippen LogP contribution < -0.4 is 0 Å². The molecule has 6 heteroatoms. The number of amides is 1. The van der Waals surface area contributed by atoms with E-state index in [2.05, 4.69) is 37.8 Å². The molecule has 0 spiro atoms. The van der Waals surface area contributed by atoms with Crippen molar-refractivity contribution in [1.82, 2.24) is 9.80 Å². The molecule has 0 unspecified atom stereocenters.